The second-order valence-electron chi connectivity index (χ2n) is 5.81. The van der Waals surface area contributed by atoms with Gasteiger partial charge in [0.1, 0.15) is 5.76 Å². The Morgan fingerprint density at radius 3 is 3.13 bits per heavy atom. The topological polar surface area (TPSA) is 47.1 Å². The molecule has 0 spiro atoms. The first-order valence-corrected chi connectivity index (χ1v) is 9.28. The Morgan fingerprint density at radius 2 is 2.39 bits per heavy atom. The minimum atomic E-state index is 0.646. The van der Waals surface area contributed by atoms with Crippen molar-refractivity contribution in [1.29, 1.82) is 0 Å². The molecule has 124 valence electrons. The smallest absolute Gasteiger partial charge is 0.228 e. The third-order valence-corrected chi connectivity index (χ3v) is 5.03. The predicted molar refractivity (Wildman–Crippen MR) is 94.2 cm³/mol. The van der Waals surface area contributed by atoms with Gasteiger partial charge in [-0.05, 0) is 30.9 Å². The molecular weight excluding hydrogens is 332 g/mol. The zero-order valence-electron chi connectivity index (χ0n) is 13.2. The highest BCUT2D eigenvalue weighted by atomic mass is 35.5. The standard InChI is InChI=1S/C16H21ClN4OS/c1-13-5-2-8-20(11-13)15-18-19-16(23-10-4-7-17)21(15)12-14-6-3-9-22-14/h3-4,6-7,9,13H,2,5,8,10-12H2,1H3. The summed E-state index contributed by atoms with van der Waals surface area (Å²) < 4.78 is 7.65. The van der Waals surface area contributed by atoms with Crippen LogP contribution < -0.4 is 4.90 Å². The van der Waals surface area contributed by atoms with Crippen molar-refractivity contribution in [3.05, 3.63) is 35.8 Å². The van der Waals surface area contributed by atoms with Gasteiger partial charge in [0.2, 0.25) is 5.95 Å². The number of hydrogen-bond donors (Lipinski definition) is 0. The quantitative estimate of drug-likeness (QED) is 0.735. The van der Waals surface area contributed by atoms with E-state index in [0.29, 0.717) is 12.5 Å². The van der Waals surface area contributed by atoms with Gasteiger partial charge < -0.3 is 9.32 Å². The van der Waals surface area contributed by atoms with Crippen molar-refractivity contribution in [2.45, 2.75) is 31.5 Å². The number of hydrogen-bond acceptors (Lipinski definition) is 5. The van der Waals surface area contributed by atoms with Gasteiger partial charge in [-0.25, -0.2) is 0 Å². The van der Waals surface area contributed by atoms with E-state index in [1.165, 1.54) is 18.4 Å². The molecule has 0 amide bonds. The number of piperidine rings is 1. The van der Waals surface area contributed by atoms with Crippen LogP contribution in [0.3, 0.4) is 0 Å². The van der Waals surface area contributed by atoms with Crippen molar-refractivity contribution in [2.24, 2.45) is 5.92 Å². The van der Waals surface area contributed by atoms with Crippen molar-refractivity contribution in [2.75, 3.05) is 23.7 Å². The molecule has 1 aliphatic rings. The molecule has 1 saturated heterocycles. The summed E-state index contributed by atoms with van der Waals surface area (Å²) in [7, 11) is 0. The van der Waals surface area contributed by atoms with Gasteiger partial charge >= 0.3 is 0 Å². The lowest BCUT2D eigenvalue weighted by molar-refractivity contribution is 0.432. The number of rotatable bonds is 6. The second-order valence-corrected chi connectivity index (χ2v) is 7.05. The van der Waals surface area contributed by atoms with Crippen molar-refractivity contribution >= 4 is 29.3 Å². The highest BCUT2D eigenvalue weighted by Gasteiger charge is 2.23. The monoisotopic (exact) mass is 352 g/mol. The van der Waals surface area contributed by atoms with E-state index < -0.39 is 0 Å². The first kappa shape index (κ1) is 16.5. The van der Waals surface area contributed by atoms with E-state index >= 15 is 0 Å². The van der Waals surface area contributed by atoms with Crippen molar-refractivity contribution < 1.29 is 4.42 Å². The molecule has 1 atom stereocenters. The number of anilines is 1. The van der Waals surface area contributed by atoms with Crippen LogP contribution in [-0.2, 0) is 6.54 Å². The third-order valence-electron chi connectivity index (χ3n) is 3.93. The highest BCUT2D eigenvalue weighted by molar-refractivity contribution is 7.99. The van der Waals surface area contributed by atoms with Crippen LogP contribution in [0.15, 0.2) is 39.6 Å². The van der Waals surface area contributed by atoms with Crippen LogP contribution in [0.2, 0.25) is 0 Å². The minimum Gasteiger partial charge on any atom is -0.467 e. The van der Waals surface area contributed by atoms with Crippen molar-refractivity contribution in [1.82, 2.24) is 14.8 Å². The number of furan rings is 1. The van der Waals surface area contributed by atoms with Gasteiger partial charge in [0, 0.05) is 24.4 Å². The largest absolute Gasteiger partial charge is 0.467 e. The molecule has 0 N–H and O–H groups in total. The number of thioether (sulfide) groups is 1. The van der Waals surface area contributed by atoms with E-state index in [0.717, 1.165) is 35.7 Å². The lowest BCUT2D eigenvalue weighted by Crippen LogP contribution is -2.36. The molecule has 1 unspecified atom stereocenters. The Kier molecular flexibility index (Phi) is 5.67. The minimum absolute atomic E-state index is 0.646. The Morgan fingerprint density at radius 1 is 1.48 bits per heavy atom. The highest BCUT2D eigenvalue weighted by Crippen LogP contribution is 2.27. The Bertz CT molecular complexity index is 641. The van der Waals surface area contributed by atoms with E-state index in [1.54, 1.807) is 18.0 Å². The summed E-state index contributed by atoms with van der Waals surface area (Å²) in [5.41, 5.74) is 1.54. The summed E-state index contributed by atoms with van der Waals surface area (Å²) in [6.45, 7) is 5.00. The summed E-state index contributed by atoms with van der Waals surface area (Å²) in [6.07, 6.45) is 6.09. The van der Waals surface area contributed by atoms with Crippen LogP contribution in [0, 0.1) is 5.92 Å². The molecule has 0 radical (unpaired) electrons. The summed E-state index contributed by atoms with van der Waals surface area (Å²) in [5.74, 6) is 3.31. The number of nitrogens with zero attached hydrogens (tertiary/aromatic N) is 4. The molecule has 1 aliphatic heterocycles. The predicted octanol–water partition coefficient (Wildman–Crippen LogP) is 4.00. The molecule has 3 heterocycles. The molecule has 1 fully saturated rings. The summed E-state index contributed by atoms with van der Waals surface area (Å²) in [4.78, 5) is 2.34. The fraction of sp³-hybridized carbons (Fsp3) is 0.500. The van der Waals surface area contributed by atoms with Gasteiger partial charge in [-0.1, -0.05) is 36.4 Å². The summed E-state index contributed by atoms with van der Waals surface area (Å²) in [5, 5.41) is 9.73. The maximum Gasteiger partial charge on any atom is 0.228 e. The lowest BCUT2D eigenvalue weighted by Gasteiger charge is -2.31. The zero-order chi connectivity index (χ0) is 16.1. The maximum atomic E-state index is 5.61. The van der Waals surface area contributed by atoms with E-state index in [1.807, 2.05) is 18.2 Å². The number of aromatic nitrogens is 3. The maximum absolute atomic E-state index is 5.61. The van der Waals surface area contributed by atoms with Gasteiger partial charge in [0.25, 0.3) is 0 Å². The Labute approximate surface area is 145 Å². The molecule has 5 nitrogen and oxygen atoms in total. The van der Waals surface area contributed by atoms with E-state index in [2.05, 4.69) is 26.6 Å². The number of halogens is 1. The Balaban J connectivity index is 1.85. The van der Waals surface area contributed by atoms with Gasteiger partial charge in [0.05, 0.1) is 12.8 Å². The fourth-order valence-electron chi connectivity index (χ4n) is 2.85. The van der Waals surface area contributed by atoms with Gasteiger partial charge in [-0.15, -0.1) is 10.2 Å². The zero-order valence-corrected chi connectivity index (χ0v) is 14.8. The molecule has 0 aromatic carbocycles. The second kappa shape index (κ2) is 7.93. The molecule has 0 saturated carbocycles. The first-order chi connectivity index (χ1) is 11.3. The molecule has 2 aromatic heterocycles. The van der Waals surface area contributed by atoms with Gasteiger partial charge in [-0.2, -0.15) is 0 Å². The Hall–Kier alpha value is -1.40. The average molecular weight is 353 g/mol. The molecule has 2 aromatic rings. The molecule has 23 heavy (non-hydrogen) atoms. The SMILES string of the molecule is CC1CCCN(c2nnc(SCC=CCl)n2Cc2ccco2)C1. The molecule has 7 heteroatoms. The fourth-order valence-corrected chi connectivity index (χ4v) is 3.79. The molecule has 3 rings (SSSR count). The van der Waals surface area contributed by atoms with E-state index in [4.69, 9.17) is 16.0 Å². The van der Waals surface area contributed by atoms with Crippen molar-refractivity contribution in [3.8, 4) is 0 Å². The summed E-state index contributed by atoms with van der Waals surface area (Å²) in [6, 6.07) is 3.89. The van der Waals surface area contributed by atoms with E-state index in [9.17, 15) is 0 Å². The van der Waals surface area contributed by atoms with Crippen LogP contribution in [-0.4, -0.2) is 33.6 Å². The molecule has 0 bridgehead atoms. The van der Waals surface area contributed by atoms with Gasteiger partial charge in [0.15, 0.2) is 5.16 Å². The van der Waals surface area contributed by atoms with Crippen LogP contribution in [0.25, 0.3) is 0 Å². The third kappa shape index (κ3) is 4.12. The van der Waals surface area contributed by atoms with Crippen LogP contribution >= 0.6 is 23.4 Å². The van der Waals surface area contributed by atoms with Crippen LogP contribution in [0.5, 0.6) is 0 Å². The summed E-state index contributed by atoms with van der Waals surface area (Å²) >= 11 is 7.23. The lowest BCUT2D eigenvalue weighted by atomic mass is 10.0. The normalized spacial score (nSPS) is 18.9. The van der Waals surface area contributed by atoms with Crippen LogP contribution in [0.4, 0.5) is 5.95 Å². The van der Waals surface area contributed by atoms with Gasteiger partial charge in [-0.3, -0.25) is 4.57 Å². The molecule has 0 aliphatic carbocycles. The molecular formula is C16H21ClN4OS. The van der Waals surface area contributed by atoms with E-state index in [-0.39, 0.29) is 0 Å². The van der Waals surface area contributed by atoms with Crippen LogP contribution in [0.1, 0.15) is 25.5 Å². The average Bonchev–Trinajstić information content (AvgIpc) is 3.19. The van der Waals surface area contributed by atoms with Crippen molar-refractivity contribution in [3.63, 3.8) is 0 Å². The first-order valence-electron chi connectivity index (χ1n) is 7.86.